The van der Waals surface area contributed by atoms with Crippen LogP contribution in [-0.2, 0) is 17.7 Å². The summed E-state index contributed by atoms with van der Waals surface area (Å²) in [7, 11) is 0. The number of ether oxygens (including phenoxy) is 1. The molecule has 0 amide bonds. The lowest BCUT2D eigenvalue weighted by Gasteiger charge is -2.22. The molecule has 0 radical (unpaired) electrons. The van der Waals surface area contributed by atoms with Crippen LogP contribution < -0.4 is 11.2 Å². The van der Waals surface area contributed by atoms with Gasteiger partial charge in [-0.1, -0.05) is 24.9 Å². The summed E-state index contributed by atoms with van der Waals surface area (Å²) in [4.78, 5) is 26.7. The largest absolute Gasteiger partial charge is 0.381 e. The lowest BCUT2D eigenvalue weighted by atomic mass is 10.0. The minimum absolute atomic E-state index is 0.174. The molecule has 5 nitrogen and oxygen atoms in total. The average molecular weight is 287 g/mol. The lowest BCUT2D eigenvalue weighted by molar-refractivity contribution is 0.0474. The SMILES string of the molecule is CCCc1c(Cl)[nH]c(=O)n(CC2CCCOC2)c1=O. The highest BCUT2D eigenvalue weighted by Crippen LogP contribution is 2.15. The molecule has 1 aliphatic rings. The second-order valence-corrected chi connectivity index (χ2v) is 5.35. The van der Waals surface area contributed by atoms with Crippen molar-refractivity contribution in [1.82, 2.24) is 9.55 Å². The molecule has 1 aromatic rings. The van der Waals surface area contributed by atoms with Crippen LogP contribution >= 0.6 is 11.6 Å². The van der Waals surface area contributed by atoms with Crippen molar-refractivity contribution in [1.29, 1.82) is 0 Å². The first kappa shape index (κ1) is 14.3. The van der Waals surface area contributed by atoms with Crippen LogP contribution in [0, 0.1) is 5.92 Å². The fraction of sp³-hybridized carbons (Fsp3) is 0.692. The van der Waals surface area contributed by atoms with E-state index in [9.17, 15) is 9.59 Å². The van der Waals surface area contributed by atoms with Crippen molar-refractivity contribution in [2.45, 2.75) is 39.2 Å². The molecule has 19 heavy (non-hydrogen) atoms. The van der Waals surface area contributed by atoms with Crippen molar-refractivity contribution >= 4 is 11.6 Å². The van der Waals surface area contributed by atoms with Gasteiger partial charge in [-0.2, -0.15) is 0 Å². The zero-order valence-electron chi connectivity index (χ0n) is 11.1. The Labute approximate surface area is 116 Å². The van der Waals surface area contributed by atoms with Gasteiger partial charge in [0, 0.05) is 19.1 Å². The molecule has 1 atom stereocenters. The van der Waals surface area contributed by atoms with Crippen LogP contribution in [0.15, 0.2) is 9.59 Å². The average Bonchev–Trinajstić information content (AvgIpc) is 2.41. The Morgan fingerprint density at radius 3 is 2.89 bits per heavy atom. The molecule has 0 spiro atoms. The van der Waals surface area contributed by atoms with Gasteiger partial charge in [-0.05, 0) is 19.3 Å². The van der Waals surface area contributed by atoms with Crippen LogP contribution in [-0.4, -0.2) is 22.8 Å². The Hall–Kier alpha value is -1.07. The normalized spacial score (nSPS) is 19.6. The van der Waals surface area contributed by atoms with Crippen LogP contribution in [0.25, 0.3) is 0 Å². The lowest BCUT2D eigenvalue weighted by Crippen LogP contribution is -2.40. The molecular formula is C13H19ClN2O3. The first-order chi connectivity index (χ1) is 9.13. The van der Waals surface area contributed by atoms with E-state index in [0.29, 0.717) is 25.1 Å². The molecule has 1 unspecified atom stereocenters. The number of halogens is 1. The zero-order valence-corrected chi connectivity index (χ0v) is 11.8. The zero-order chi connectivity index (χ0) is 13.8. The number of rotatable bonds is 4. The summed E-state index contributed by atoms with van der Waals surface area (Å²) in [6.45, 7) is 3.75. The molecule has 1 fully saturated rings. The van der Waals surface area contributed by atoms with E-state index in [1.54, 1.807) is 0 Å². The van der Waals surface area contributed by atoms with Gasteiger partial charge in [-0.15, -0.1) is 0 Å². The third kappa shape index (κ3) is 3.28. The standard InChI is InChI=1S/C13H19ClN2O3/c1-2-4-10-11(14)15-13(18)16(12(10)17)7-9-5-3-6-19-8-9/h9H,2-8H2,1H3,(H,15,18). The number of aromatic amines is 1. The fourth-order valence-electron chi connectivity index (χ4n) is 2.43. The van der Waals surface area contributed by atoms with Crippen molar-refractivity contribution in [2.75, 3.05) is 13.2 Å². The maximum absolute atomic E-state index is 12.3. The molecule has 0 aromatic carbocycles. The highest BCUT2D eigenvalue weighted by Gasteiger charge is 2.18. The van der Waals surface area contributed by atoms with Crippen molar-refractivity contribution in [2.24, 2.45) is 5.92 Å². The van der Waals surface area contributed by atoms with Crippen LogP contribution in [0.2, 0.25) is 5.15 Å². The van der Waals surface area contributed by atoms with Gasteiger partial charge < -0.3 is 4.74 Å². The van der Waals surface area contributed by atoms with Gasteiger partial charge in [0.05, 0.1) is 12.2 Å². The minimum atomic E-state index is -0.430. The summed E-state index contributed by atoms with van der Waals surface area (Å²) < 4.78 is 6.64. The molecule has 106 valence electrons. The van der Waals surface area contributed by atoms with Crippen molar-refractivity contribution in [3.05, 3.63) is 31.6 Å². The van der Waals surface area contributed by atoms with E-state index >= 15 is 0 Å². The molecule has 2 heterocycles. The van der Waals surface area contributed by atoms with Gasteiger partial charge in [0.2, 0.25) is 0 Å². The van der Waals surface area contributed by atoms with E-state index < -0.39 is 5.69 Å². The molecule has 2 rings (SSSR count). The minimum Gasteiger partial charge on any atom is -0.381 e. The number of hydrogen-bond acceptors (Lipinski definition) is 3. The Morgan fingerprint density at radius 2 is 2.26 bits per heavy atom. The van der Waals surface area contributed by atoms with Gasteiger partial charge in [-0.25, -0.2) is 4.79 Å². The predicted molar refractivity (Wildman–Crippen MR) is 73.9 cm³/mol. The summed E-state index contributed by atoms with van der Waals surface area (Å²) in [5, 5.41) is 0.174. The topological polar surface area (TPSA) is 64.1 Å². The Bertz CT molecular complexity index is 544. The van der Waals surface area contributed by atoms with Gasteiger partial charge in [0.1, 0.15) is 5.15 Å². The van der Waals surface area contributed by atoms with E-state index in [1.165, 1.54) is 4.57 Å². The Morgan fingerprint density at radius 1 is 1.47 bits per heavy atom. The molecule has 0 aliphatic carbocycles. The number of nitrogens with one attached hydrogen (secondary N) is 1. The Balaban J connectivity index is 2.31. The number of hydrogen-bond donors (Lipinski definition) is 1. The monoisotopic (exact) mass is 286 g/mol. The fourth-order valence-corrected chi connectivity index (χ4v) is 2.68. The summed E-state index contributed by atoms with van der Waals surface area (Å²) >= 11 is 5.93. The predicted octanol–water partition coefficient (Wildman–Crippen LogP) is 1.57. The van der Waals surface area contributed by atoms with E-state index in [-0.39, 0.29) is 16.6 Å². The van der Waals surface area contributed by atoms with E-state index in [2.05, 4.69) is 4.98 Å². The van der Waals surface area contributed by atoms with Crippen LogP contribution in [0.4, 0.5) is 0 Å². The van der Waals surface area contributed by atoms with Crippen LogP contribution in [0.5, 0.6) is 0 Å². The van der Waals surface area contributed by atoms with Crippen LogP contribution in [0.3, 0.4) is 0 Å². The third-order valence-corrected chi connectivity index (χ3v) is 3.75. The van der Waals surface area contributed by atoms with Crippen molar-refractivity contribution < 1.29 is 4.74 Å². The van der Waals surface area contributed by atoms with Crippen molar-refractivity contribution in [3.8, 4) is 0 Å². The van der Waals surface area contributed by atoms with Gasteiger partial charge >= 0.3 is 5.69 Å². The summed E-state index contributed by atoms with van der Waals surface area (Å²) in [5.74, 6) is 0.225. The number of H-pyrrole nitrogens is 1. The number of aromatic nitrogens is 2. The summed E-state index contributed by atoms with van der Waals surface area (Å²) in [6, 6.07) is 0. The second-order valence-electron chi connectivity index (χ2n) is 4.97. The highest BCUT2D eigenvalue weighted by atomic mass is 35.5. The smallest absolute Gasteiger partial charge is 0.329 e. The molecule has 1 aromatic heterocycles. The molecule has 1 aliphatic heterocycles. The van der Waals surface area contributed by atoms with Gasteiger partial charge in [0.25, 0.3) is 5.56 Å². The molecule has 0 saturated carbocycles. The molecular weight excluding hydrogens is 268 g/mol. The highest BCUT2D eigenvalue weighted by molar-refractivity contribution is 6.30. The first-order valence-corrected chi connectivity index (χ1v) is 7.10. The van der Waals surface area contributed by atoms with Gasteiger partial charge in [-0.3, -0.25) is 14.3 Å². The van der Waals surface area contributed by atoms with E-state index in [1.807, 2.05) is 6.92 Å². The van der Waals surface area contributed by atoms with E-state index in [4.69, 9.17) is 16.3 Å². The molecule has 6 heteroatoms. The summed E-state index contributed by atoms with van der Waals surface area (Å²) in [5.41, 5.74) is -0.193. The molecule has 1 saturated heterocycles. The maximum Gasteiger partial charge on any atom is 0.329 e. The molecule has 0 bridgehead atoms. The van der Waals surface area contributed by atoms with Gasteiger partial charge in [0.15, 0.2) is 0 Å². The van der Waals surface area contributed by atoms with Crippen molar-refractivity contribution in [3.63, 3.8) is 0 Å². The first-order valence-electron chi connectivity index (χ1n) is 6.72. The third-order valence-electron chi connectivity index (χ3n) is 3.43. The number of nitrogens with zero attached hydrogens (tertiary/aromatic N) is 1. The Kier molecular flexibility index (Phi) is 4.82. The second kappa shape index (κ2) is 6.39. The van der Waals surface area contributed by atoms with E-state index in [0.717, 1.165) is 25.9 Å². The summed E-state index contributed by atoms with van der Waals surface area (Å²) in [6.07, 6.45) is 3.35. The van der Waals surface area contributed by atoms with Crippen LogP contribution in [0.1, 0.15) is 31.7 Å². The quantitative estimate of drug-likeness (QED) is 0.855. The maximum atomic E-state index is 12.3. The molecule has 1 N–H and O–H groups in total.